The Kier molecular flexibility index (Phi) is 8.18. The van der Waals surface area contributed by atoms with Gasteiger partial charge in [0.25, 0.3) is 5.91 Å². The molecule has 4 rings (SSSR count). The highest BCUT2D eigenvalue weighted by molar-refractivity contribution is 7.89. The molecule has 0 radical (unpaired) electrons. The van der Waals surface area contributed by atoms with Gasteiger partial charge in [-0.05, 0) is 50.1 Å². The van der Waals surface area contributed by atoms with Gasteiger partial charge in [0.05, 0.1) is 34.7 Å². The first-order valence-electron chi connectivity index (χ1n) is 11.5. The Balaban J connectivity index is 1.62. The number of hydrogen-bond acceptors (Lipinski definition) is 6. The summed E-state index contributed by atoms with van der Waals surface area (Å²) in [7, 11) is -2.31. The van der Waals surface area contributed by atoms with E-state index in [1.165, 1.54) is 34.2 Å². The Bertz CT molecular complexity index is 1420. The molecule has 12 heteroatoms. The number of carbonyl (C=O) groups excluding carboxylic acids is 1. The topological polar surface area (TPSA) is 90.2 Å². The molecule has 1 amide bonds. The summed E-state index contributed by atoms with van der Waals surface area (Å²) < 4.78 is 68.3. The van der Waals surface area contributed by atoms with Crippen molar-refractivity contribution in [3.05, 3.63) is 52.8 Å². The molecule has 1 unspecified atom stereocenters. The van der Waals surface area contributed by atoms with Crippen LogP contribution in [0.4, 0.5) is 8.78 Å². The van der Waals surface area contributed by atoms with E-state index >= 15 is 0 Å². The first-order valence-corrected chi connectivity index (χ1v) is 13.8. The van der Waals surface area contributed by atoms with Crippen molar-refractivity contribution in [1.82, 2.24) is 8.87 Å². The lowest BCUT2D eigenvalue weighted by atomic mass is 9.99. The lowest BCUT2D eigenvalue weighted by Gasteiger charge is -2.30. The number of fused-ring (bicyclic) bond motifs is 1. The highest BCUT2D eigenvalue weighted by Gasteiger charge is 2.33. The van der Waals surface area contributed by atoms with Crippen LogP contribution in [0.2, 0.25) is 0 Å². The third kappa shape index (κ3) is 5.51. The lowest BCUT2D eigenvalue weighted by molar-refractivity contribution is -0.122. The SMILES string of the molecule is CCOCCn1c(=NC(=O)C2CCCN(S(=O)(=O)c3ccc(OC)cc3)C2)sc2cc(F)cc(F)c21. The molecule has 0 bridgehead atoms. The fourth-order valence-corrected chi connectivity index (χ4v) is 6.79. The van der Waals surface area contributed by atoms with E-state index in [9.17, 15) is 22.0 Å². The quantitative estimate of drug-likeness (QED) is 0.409. The fourth-order valence-electron chi connectivity index (χ4n) is 4.17. The van der Waals surface area contributed by atoms with Crippen molar-refractivity contribution in [1.29, 1.82) is 0 Å². The minimum atomic E-state index is -3.81. The van der Waals surface area contributed by atoms with Crippen molar-refractivity contribution in [3.63, 3.8) is 0 Å². The van der Waals surface area contributed by atoms with Gasteiger partial charge in [0.1, 0.15) is 11.6 Å². The number of sulfonamides is 1. The van der Waals surface area contributed by atoms with Gasteiger partial charge in [-0.3, -0.25) is 4.79 Å². The zero-order chi connectivity index (χ0) is 25.9. The summed E-state index contributed by atoms with van der Waals surface area (Å²) in [6.07, 6.45) is 0.974. The van der Waals surface area contributed by atoms with Gasteiger partial charge in [-0.25, -0.2) is 17.2 Å². The Morgan fingerprint density at radius 3 is 2.67 bits per heavy atom. The van der Waals surface area contributed by atoms with Crippen molar-refractivity contribution in [2.24, 2.45) is 10.9 Å². The van der Waals surface area contributed by atoms with E-state index in [0.29, 0.717) is 36.4 Å². The average molecular weight is 540 g/mol. The molecule has 0 spiro atoms. The number of carbonyl (C=O) groups is 1. The number of halogens is 2. The normalized spacial score (nSPS) is 17.6. The number of methoxy groups -OCH3 is 1. The molecule has 8 nitrogen and oxygen atoms in total. The molecule has 1 aromatic heterocycles. The third-order valence-corrected chi connectivity index (χ3v) is 8.90. The van der Waals surface area contributed by atoms with E-state index in [4.69, 9.17) is 9.47 Å². The van der Waals surface area contributed by atoms with Crippen LogP contribution in [0.15, 0.2) is 46.3 Å². The van der Waals surface area contributed by atoms with Gasteiger partial charge in [-0.2, -0.15) is 9.30 Å². The van der Waals surface area contributed by atoms with E-state index < -0.39 is 33.5 Å². The molecule has 1 fully saturated rings. The van der Waals surface area contributed by atoms with E-state index in [-0.39, 0.29) is 34.9 Å². The van der Waals surface area contributed by atoms with Crippen LogP contribution in [0.1, 0.15) is 19.8 Å². The first kappa shape index (κ1) is 26.4. The highest BCUT2D eigenvalue weighted by atomic mass is 32.2. The zero-order valence-electron chi connectivity index (χ0n) is 19.9. The Labute approximate surface area is 211 Å². The van der Waals surface area contributed by atoms with Crippen molar-refractivity contribution in [3.8, 4) is 5.75 Å². The average Bonchev–Trinajstić information content (AvgIpc) is 3.21. The van der Waals surface area contributed by atoms with Gasteiger partial charge in [0.2, 0.25) is 10.0 Å². The number of ether oxygens (including phenoxy) is 2. The summed E-state index contributed by atoms with van der Waals surface area (Å²) in [4.78, 5) is 17.7. The Morgan fingerprint density at radius 1 is 1.22 bits per heavy atom. The molecular weight excluding hydrogens is 512 g/mol. The van der Waals surface area contributed by atoms with Gasteiger partial charge >= 0.3 is 0 Å². The number of aromatic nitrogens is 1. The van der Waals surface area contributed by atoms with Crippen LogP contribution in [-0.4, -0.2) is 56.6 Å². The maximum absolute atomic E-state index is 14.6. The Hall–Kier alpha value is -2.67. The van der Waals surface area contributed by atoms with E-state index in [1.54, 1.807) is 12.1 Å². The van der Waals surface area contributed by atoms with Crippen molar-refractivity contribution in [2.75, 3.05) is 33.4 Å². The second-order valence-electron chi connectivity index (χ2n) is 8.30. The van der Waals surface area contributed by atoms with Crippen LogP contribution < -0.4 is 9.54 Å². The molecule has 36 heavy (non-hydrogen) atoms. The van der Waals surface area contributed by atoms with E-state index in [0.717, 1.165) is 17.4 Å². The second kappa shape index (κ2) is 11.2. The molecule has 1 aliphatic heterocycles. The summed E-state index contributed by atoms with van der Waals surface area (Å²) in [5.74, 6) is -2.08. The molecule has 0 N–H and O–H groups in total. The van der Waals surface area contributed by atoms with Crippen molar-refractivity contribution < 1.29 is 31.5 Å². The van der Waals surface area contributed by atoms with Gasteiger partial charge in [-0.15, -0.1) is 0 Å². The van der Waals surface area contributed by atoms with Crippen LogP contribution in [0.25, 0.3) is 10.2 Å². The van der Waals surface area contributed by atoms with E-state index in [1.807, 2.05) is 6.92 Å². The monoisotopic (exact) mass is 539 g/mol. The summed E-state index contributed by atoms with van der Waals surface area (Å²) >= 11 is 1.01. The summed E-state index contributed by atoms with van der Waals surface area (Å²) in [5, 5.41) is 0. The molecule has 2 aromatic carbocycles. The number of nitrogens with zero attached hydrogens (tertiary/aromatic N) is 3. The third-order valence-electron chi connectivity index (χ3n) is 6.00. The molecule has 0 saturated carbocycles. The first-order chi connectivity index (χ1) is 17.2. The predicted molar refractivity (Wildman–Crippen MR) is 131 cm³/mol. The number of thiazole rings is 1. The highest BCUT2D eigenvalue weighted by Crippen LogP contribution is 2.26. The van der Waals surface area contributed by atoms with Gasteiger partial charge in [-0.1, -0.05) is 11.3 Å². The molecule has 3 aromatic rings. The number of rotatable bonds is 8. The number of hydrogen-bond donors (Lipinski definition) is 0. The number of benzene rings is 2. The summed E-state index contributed by atoms with van der Waals surface area (Å²) in [6.45, 7) is 3.06. The van der Waals surface area contributed by atoms with Crippen molar-refractivity contribution >= 4 is 37.5 Å². The van der Waals surface area contributed by atoms with Crippen LogP contribution in [0.3, 0.4) is 0 Å². The fraction of sp³-hybridized carbons (Fsp3) is 0.417. The number of piperidine rings is 1. The summed E-state index contributed by atoms with van der Waals surface area (Å²) in [6, 6.07) is 8.07. The Morgan fingerprint density at radius 2 is 1.97 bits per heavy atom. The maximum atomic E-state index is 14.6. The maximum Gasteiger partial charge on any atom is 0.252 e. The molecule has 2 heterocycles. The number of amides is 1. The van der Waals surface area contributed by atoms with Crippen LogP contribution in [0.5, 0.6) is 5.75 Å². The minimum absolute atomic E-state index is 0.0104. The van der Waals surface area contributed by atoms with Crippen molar-refractivity contribution in [2.45, 2.75) is 31.2 Å². The standard InChI is InChI=1S/C24H27F2N3O5S2/c1-3-34-12-11-29-22-20(26)13-17(25)14-21(22)35-24(29)27-23(30)16-5-4-10-28(15-16)36(31,32)19-8-6-18(33-2)7-9-19/h6-9,13-14,16H,3-5,10-12,15H2,1-2H3. The molecule has 1 atom stereocenters. The molecule has 1 saturated heterocycles. The van der Waals surface area contributed by atoms with Gasteiger partial charge in [0.15, 0.2) is 10.6 Å². The predicted octanol–water partition coefficient (Wildman–Crippen LogP) is 3.55. The zero-order valence-corrected chi connectivity index (χ0v) is 21.6. The van der Waals surface area contributed by atoms with E-state index in [2.05, 4.69) is 4.99 Å². The summed E-state index contributed by atoms with van der Waals surface area (Å²) in [5.41, 5.74) is 0.153. The van der Waals surface area contributed by atoms with Gasteiger partial charge in [0, 0.05) is 32.3 Å². The van der Waals surface area contributed by atoms with Crippen LogP contribution >= 0.6 is 11.3 Å². The molecule has 0 aliphatic carbocycles. The largest absolute Gasteiger partial charge is 0.497 e. The second-order valence-corrected chi connectivity index (χ2v) is 11.2. The molecular formula is C24H27F2N3O5S2. The molecule has 1 aliphatic rings. The smallest absolute Gasteiger partial charge is 0.252 e. The van der Waals surface area contributed by atoms with Crippen LogP contribution in [-0.2, 0) is 26.1 Å². The van der Waals surface area contributed by atoms with Gasteiger partial charge < -0.3 is 14.0 Å². The minimum Gasteiger partial charge on any atom is -0.497 e. The lowest BCUT2D eigenvalue weighted by Crippen LogP contribution is -2.42. The molecule has 194 valence electrons. The van der Waals surface area contributed by atoms with Crippen LogP contribution in [0, 0.1) is 17.6 Å².